The maximum atomic E-state index is 10.9. The minimum absolute atomic E-state index is 0.188. The molecule has 5 nitrogen and oxygen atoms in total. The average molecular weight is 483 g/mol. The smallest absolute Gasteiger partial charge is 0.139 e. The maximum Gasteiger partial charge on any atom is 0.139 e. The number of anilines is 2. The molecule has 2 N–H and O–H groups in total. The predicted octanol–water partition coefficient (Wildman–Crippen LogP) is 6.10. The van der Waals surface area contributed by atoms with Gasteiger partial charge in [0.15, 0.2) is 0 Å². The third-order valence-corrected chi connectivity index (χ3v) is 6.81. The van der Waals surface area contributed by atoms with E-state index in [-0.39, 0.29) is 17.6 Å². The molecule has 2 aromatic carbocycles. The van der Waals surface area contributed by atoms with Gasteiger partial charge in [0.1, 0.15) is 16.6 Å². The van der Waals surface area contributed by atoms with Crippen LogP contribution in [-0.2, 0) is 0 Å². The zero-order chi connectivity index (χ0) is 21.6. The Balaban J connectivity index is 1.69. The largest absolute Gasteiger partial charge is 0.509 e. The Bertz CT molecular complexity index is 1130. The molecule has 0 bridgehead atoms. The number of nitrogens with one attached hydrogen (secondary N) is 1. The number of nitrogens with zero attached hydrogens (tertiary/aromatic N) is 3. The van der Waals surface area contributed by atoms with Crippen LogP contribution in [0.1, 0.15) is 16.8 Å². The molecule has 30 heavy (non-hydrogen) atoms. The first-order valence-electron chi connectivity index (χ1n) is 9.60. The van der Waals surface area contributed by atoms with E-state index in [1.807, 2.05) is 86.3 Å². The van der Waals surface area contributed by atoms with Gasteiger partial charge in [-0.05, 0) is 50.2 Å². The Labute approximate surface area is 188 Å². The summed E-state index contributed by atoms with van der Waals surface area (Å²) in [7, 11) is 3.99. The molecule has 1 aliphatic rings. The molecule has 0 saturated carbocycles. The molecule has 0 radical (unpaired) electrons. The van der Waals surface area contributed by atoms with Crippen molar-refractivity contribution in [1.29, 1.82) is 5.41 Å². The lowest BCUT2D eigenvalue weighted by molar-refractivity contribution is 0.384. The van der Waals surface area contributed by atoms with E-state index in [9.17, 15) is 5.11 Å². The third-order valence-electron chi connectivity index (χ3n) is 5.29. The van der Waals surface area contributed by atoms with Gasteiger partial charge in [-0.25, -0.2) is 4.98 Å². The van der Waals surface area contributed by atoms with Gasteiger partial charge in [0.05, 0.1) is 17.3 Å². The summed E-state index contributed by atoms with van der Waals surface area (Å²) in [5.74, 6) is 0.460. The van der Waals surface area contributed by atoms with Crippen LogP contribution >= 0.6 is 27.3 Å². The van der Waals surface area contributed by atoms with Gasteiger partial charge >= 0.3 is 0 Å². The Hall–Kier alpha value is -2.64. The van der Waals surface area contributed by atoms with E-state index in [0.717, 1.165) is 32.0 Å². The van der Waals surface area contributed by atoms with Crippen LogP contribution in [0.5, 0.6) is 0 Å². The lowest BCUT2D eigenvalue weighted by Gasteiger charge is -2.25. The molecule has 1 aliphatic heterocycles. The molecule has 4 rings (SSSR count). The Morgan fingerprint density at radius 3 is 2.33 bits per heavy atom. The van der Waals surface area contributed by atoms with Gasteiger partial charge in [-0.3, -0.25) is 5.41 Å². The molecule has 1 atom stereocenters. The van der Waals surface area contributed by atoms with Crippen molar-refractivity contribution in [2.24, 2.45) is 0 Å². The van der Waals surface area contributed by atoms with Crippen molar-refractivity contribution < 1.29 is 5.11 Å². The molecule has 0 amide bonds. The monoisotopic (exact) mass is 482 g/mol. The number of aliphatic hydroxyl groups is 1. The van der Waals surface area contributed by atoms with Crippen molar-refractivity contribution in [1.82, 2.24) is 4.98 Å². The second-order valence-corrected chi connectivity index (χ2v) is 9.62. The Kier molecular flexibility index (Phi) is 5.42. The molecule has 0 aliphatic carbocycles. The zero-order valence-electron chi connectivity index (χ0n) is 17.3. The topological polar surface area (TPSA) is 63.5 Å². The van der Waals surface area contributed by atoms with Gasteiger partial charge in [-0.15, -0.1) is 11.3 Å². The summed E-state index contributed by atoms with van der Waals surface area (Å²) in [6, 6.07) is 15.7. The van der Waals surface area contributed by atoms with Gasteiger partial charge in [0, 0.05) is 40.4 Å². The highest BCUT2D eigenvalue weighted by atomic mass is 79.9. The number of thiazole rings is 1. The number of benzene rings is 2. The summed E-state index contributed by atoms with van der Waals surface area (Å²) in [6.45, 7) is 3.93. The summed E-state index contributed by atoms with van der Waals surface area (Å²) in [5.41, 5.74) is 4.38. The highest BCUT2D eigenvalue weighted by Gasteiger charge is 2.37. The fourth-order valence-electron chi connectivity index (χ4n) is 3.62. The number of aromatic nitrogens is 1. The van der Waals surface area contributed by atoms with Crippen LogP contribution in [0.25, 0.3) is 16.8 Å². The first-order valence-corrected chi connectivity index (χ1v) is 11.2. The van der Waals surface area contributed by atoms with Crippen LogP contribution in [0.2, 0.25) is 0 Å². The van der Waals surface area contributed by atoms with E-state index in [4.69, 9.17) is 10.4 Å². The van der Waals surface area contributed by atoms with Crippen molar-refractivity contribution >= 4 is 50.1 Å². The fraction of sp³-hybridized carbons (Fsp3) is 0.217. The predicted molar refractivity (Wildman–Crippen MR) is 130 cm³/mol. The van der Waals surface area contributed by atoms with Crippen LogP contribution in [-0.4, -0.2) is 36.1 Å². The van der Waals surface area contributed by atoms with E-state index in [0.29, 0.717) is 10.6 Å². The van der Waals surface area contributed by atoms with Crippen LogP contribution < -0.4 is 9.80 Å². The van der Waals surface area contributed by atoms with Crippen molar-refractivity contribution in [2.45, 2.75) is 19.9 Å². The fourth-order valence-corrected chi connectivity index (χ4v) is 4.88. The lowest BCUT2D eigenvalue weighted by atomic mass is 10.1. The maximum absolute atomic E-state index is 10.9. The molecule has 0 spiro atoms. The number of hydrogen-bond donors (Lipinski definition) is 2. The first kappa shape index (κ1) is 20.6. The molecular formula is C23H23BrN4OS. The summed E-state index contributed by atoms with van der Waals surface area (Å²) in [5, 5.41) is 20.4. The standard InChI is InChI=1S/C23H23BrN4OS/c1-13-21(29)19(22(25)28(13)18-11-9-17(10-12-18)27(3)4)23-26-20(14(2)30-23)15-5-7-16(24)8-6-15/h5-13,25,29H,1-4H3. The lowest BCUT2D eigenvalue weighted by Crippen LogP contribution is -2.33. The number of hydrogen-bond acceptors (Lipinski definition) is 5. The van der Waals surface area contributed by atoms with E-state index in [2.05, 4.69) is 15.9 Å². The van der Waals surface area contributed by atoms with Gasteiger partial charge < -0.3 is 14.9 Å². The Morgan fingerprint density at radius 1 is 1.10 bits per heavy atom. The van der Waals surface area contributed by atoms with Crippen LogP contribution in [0, 0.1) is 12.3 Å². The van der Waals surface area contributed by atoms with Crippen molar-refractivity contribution in [3.8, 4) is 11.3 Å². The van der Waals surface area contributed by atoms with Crippen LogP contribution in [0.15, 0.2) is 58.8 Å². The molecule has 0 saturated heterocycles. The number of aryl methyl sites for hydroxylation is 1. The van der Waals surface area contributed by atoms with Crippen molar-refractivity contribution in [3.63, 3.8) is 0 Å². The highest BCUT2D eigenvalue weighted by molar-refractivity contribution is 9.10. The summed E-state index contributed by atoms with van der Waals surface area (Å²) in [4.78, 5) is 9.74. The summed E-state index contributed by atoms with van der Waals surface area (Å²) >= 11 is 4.97. The van der Waals surface area contributed by atoms with Crippen LogP contribution in [0.3, 0.4) is 0 Å². The van der Waals surface area contributed by atoms with Crippen molar-refractivity contribution in [3.05, 3.63) is 68.6 Å². The zero-order valence-corrected chi connectivity index (χ0v) is 19.7. The van der Waals surface area contributed by atoms with E-state index in [1.54, 1.807) is 0 Å². The van der Waals surface area contributed by atoms with Crippen LogP contribution in [0.4, 0.5) is 11.4 Å². The highest BCUT2D eigenvalue weighted by Crippen LogP contribution is 2.39. The summed E-state index contributed by atoms with van der Waals surface area (Å²) in [6.07, 6.45) is 0. The number of amidine groups is 1. The van der Waals surface area contributed by atoms with Gasteiger partial charge in [-0.2, -0.15) is 0 Å². The SMILES string of the molecule is Cc1sc(C2=C(O)C(C)N(c3ccc(N(C)C)cc3)C2=N)nc1-c1ccc(Br)cc1. The van der Waals surface area contributed by atoms with E-state index < -0.39 is 0 Å². The summed E-state index contributed by atoms with van der Waals surface area (Å²) < 4.78 is 1.02. The molecule has 1 aromatic heterocycles. The second-order valence-electron chi connectivity index (χ2n) is 7.50. The normalized spacial score (nSPS) is 16.5. The van der Waals surface area contributed by atoms with Gasteiger partial charge in [0.2, 0.25) is 0 Å². The number of rotatable bonds is 4. The molecule has 0 fully saturated rings. The third kappa shape index (κ3) is 3.52. The average Bonchev–Trinajstić information content (AvgIpc) is 3.19. The minimum atomic E-state index is -0.321. The molecule has 2 heterocycles. The molecule has 7 heteroatoms. The quantitative estimate of drug-likeness (QED) is 0.471. The van der Waals surface area contributed by atoms with Gasteiger partial charge in [0.25, 0.3) is 0 Å². The molecule has 154 valence electrons. The first-order chi connectivity index (χ1) is 14.3. The van der Waals surface area contributed by atoms with E-state index >= 15 is 0 Å². The molecule has 1 unspecified atom stereocenters. The number of halogens is 1. The minimum Gasteiger partial charge on any atom is -0.509 e. The number of aliphatic hydroxyl groups excluding tert-OH is 1. The second kappa shape index (κ2) is 7.89. The van der Waals surface area contributed by atoms with Gasteiger partial charge in [-0.1, -0.05) is 28.1 Å². The molecule has 3 aromatic rings. The Morgan fingerprint density at radius 2 is 1.73 bits per heavy atom. The molecular weight excluding hydrogens is 460 g/mol. The van der Waals surface area contributed by atoms with Crippen molar-refractivity contribution in [2.75, 3.05) is 23.9 Å². The van der Waals surface area contributed by atoms with E-state index in [1.165, 1.54) is 11.3 Å².